The van der Waals surface area contributed by atoms with Gasteiger partial charge in [-0.25, -0.2) is 0 Å². The number of benzene rings is 1. The number of amides is 2. The van der Waals surface area contributed by atoms with Crippen LogP contribution in [-0.2, 0) is 4.79 Å². The molecule has 0 aromatic heterocycles. The normalized spacial score (nSPS) is 24.0. The predicted octanol–water partition coefficient (Wildman–Crippen LogP) is 2.10. The third kappa shape index (κ3) is 4.30. The largest absolute Gasteiger partial charge is 0.508 e. The van der Waals surface area contributed by atoms with Gasteiger partial charge in [0.05, 0.1) is 12.0 Å². The molecule has 2 aliphatic carbocycles. The highest BCUT2D eigenvalue weighted by molar-refractivity contribution is 5.95. The summed E-state index contributed by atoms with van der Waals surface area (Å²) in [5.74, 6) is -0.293. The number of carbonyl (C=O) groups excluding carboxylic acids is 2. The van der Waals surface area contributed by atoms with Crippen LogP contribution in [0.4, 0.5) is 0 Å². The second-order valence-corrected chi connectivity index (χ2v) is 6.97. The second kappa shape index (κ2) is 7.56. The number of hydrogen-bond acceptors (Lipinski definition) is 4. The molecule has 1 unspecified atom stereocenters. The van der Waals surface area contributed by atoms with Crippen molar-refractivity contribution in [3.05, 3.63) is 29.8 Å². The Hall–Kier alpha value is -2.55. The summed E-state index contributed by atoms with van der Waals surface area (Å²) in [4.78, 5) is 25.0. The summed E-state index contributed by atoms with van der Waals surface area (Å²) >= 11 is 0. The molecule has 0 heterocycles. The van der Waals surface area contributed by atoms with Gasteiger partial charge in [-0.3, -0.25) is 9.59 Å². The van der Waals surface area contributed by atoms with Crippen LogP contribution in [0.3, 0.4) is 0 Å². The van der Waals surface area contributed by atoms with Crippen molar-refractivity contribution in [2.45, 2.75) is 50.6 Å². The molecule has 25 heavy (non-hydrogen) atoms. The van der Waals surface area contributed by atoms with Gasteiger partial charge in [0.1, 0.15) is 11.8 Å². The van der Waals surface area contributed by atoms with Gasteiger partial charge in [-0.1, -0.05) is 12.8 Å². The molecule has 3 atom stereocenters. The van der Waals surface area contributed by atoms with E-state index in [0.717, 1.165) is 38.5 Å². The Kier molecular flexibility index (Phi) is 5.22. The van der Waals surface area contributed by atoms with Crippen LogP contribution in [0, 0.1) is 23.2 Å². The van der Waals surface area contributed by atoms with Crippen molar-refractivity contribution in [1.82, 2.24) is 10.6 Å². The lowest BCUT2D eigenvalue weighted by molar-refractivity contribution is -0.127. The van der Waals surface area contributed by atoms with Gasteiger partial charge in [0.2, 0.25) is 5.91 Å². The third-order valence-electron chi connectivity index (χ3n) is 5.08. The first kappa shape index (κ1) is 17.3. The smallest absolute Gasteiger partial charge is 0.251 e. The summed E-state index contributed by atoms with van der Waals surface area (Å²) in [6, 6.07) is 7.58. The molecule has 132 valence electrons. The number of carbonyl (C=O) groups is 2. The van der Waals surface area contributed by atoms with Crippen LogP contribution in [0.2, 0.25) is 0 Å². The van der Waals surface area contributed by atoms with Gasteiger partial charge < -0.3 is 15.7 Å². The predicted molar refractivity (Wildman–Crippen MR) is 91.6 cm³/mol. The van der Waals surface area contributed by atoms with Gasteiger partial charge in [0.25, 0.3) is 5.91 Å². The van der Waals surface area contributed by atoms with Crippen molar-refractivity contribution in [2.24, 2.45) is 11.8 Å². The number of rotatable bonds is 5. The van der Waals surface area contributed by atoms with E-state index in [1.807, 2.05) is 0 Å². The summed E-state index contributed by atoms with van der Waals surface area (Å²) in [6.07, 6.45) is 5.37. The lowest BCUT2D eigenvalue weighted by Crippen LogP contribution is -2.50. The molecule has 3 N–H and O–H groups in total. The molecule has 6 heteroatoms. The van der Waals surface area contributed by atoms with Gasteiger partial charge in [0.15, 0.2) is 0 Å². The highest BCUT2D eigenvalue weighted by Crippen LogP contribution is 2.33. The van der Waals surface area contributed by atoms with E-state index in [0.29, 0.717) is 5.56 Å². The molecule has 0 aliphatic heterocycles. The Morgan fingerprint density at radius 3 is 2.44 bits per heavy atom. The lowest BCUT2D eigenvalue weighted by Gasteiger charge is -2.31. The minimum atomic E-state index is -0.414. The SMILES string of the molecule is N#CC(NC(=O)[C@@H]1CCCC[C@@H]1NC(=O)c1ccc(O)cc1)C1CC1. The van der Waals surface area contributed by atoms with E-state index in [4.69, 9.17) is 0 Å². The number of aromatic hydroxyl groups is 1. The molecule has 0 spiro atoms. The maximum absolute atomic E-state index is 12.6. The molecule has 0 bridgehead atoms. The Bertz CT molecular complexity index is 676. The van der Waals surface area contributed by atoms with Crippen molar-refractivity contribution in [3.8, 4) is 11.8 Å². The van der Waals surface area contributed by atoms with E-state index in [1.165, 1.54) is 12.1 Å². The monoisotopic (exact) mass is 341 g/mol. The van der Waals surface area contributed by atoms with Gasteiger partial charge in [-0.2, -0.15) is 5.26 Å². The maximum Gasteiger partial charge on any atom is 0.251 e. The Labute approximate surface area is 147 Å². The van der Waals surface area contributed by atoms with E-state index in [-0.39, 0.29) is 35.4 Å². The molecule has 6 nitrogen and oxygen atoms in total. The van der Waals surface area contributed by atoms with E-state index in [1.54, 1.807) is 12.1 Å². The molecule has 3 rings (SSSR count). The van der Waals surface area contributed by atoms with Crippen molar-refractivity contribution < 1.29 is 14.7 Å². The van der Waals surface area contributed by atoms with Crippen LogP contribution >= 0.6 is 0 Å². The topological polar surface area (TPSA) is 102 Å². The van der Waals surface area contributed by atoms with Crippen LogP contribution in [0.1, 0.15) is 48.9 Å². The number of phenolic OH excluding ortho intramolecular Hbond substituents is 1. The molecule has 1 aromatic carbocycles. The van der Waals surface area contributed by atoms with Crippen LogP contribution < -0.4 is 10.6 Å². The van der Waals surface area contributed by atoms with Gasteiger partial charge in [-0.05, 0) is 55.9 Å². The van der Waals surface area contributed by atoms with E-state index >= 15 is 0 Å². The third-order valence-corrected chi connectivity index (χ3v) is 5.08. The molecule has 2 aliphatic rings. The summed E-state index contributed by atoms with van der Waals surface area (Å²) in [7, 11) is 0. The summed E-state index contributed by atoms with van der Waals surface area (Å²) in [5, 5.41) is 24.4. The summed E-state index contributed by atoms with van der Waals surface area (Å²) in [6.45, 7) is 0. The van der Waals surface area contributed by atoms with E-state index in [9.17, 15) is 20.0 Å². The first-order valence-corrected chi connectivity index (χ1v) is 8.88. The van der Waals surface area contributed by atoms with Gasteiger partial charge in [-0.15, -0.1) is 0 Å². The number of hydrogen-bond donors (Lipinski definition) is 3. The zero-order valence-corrected chi connectivity index (χ0v) is 14.1. The van der Waals surface area contributed by atoms with Crippen LogP contribution in [0.15, 0.2) is 24.3 Å². The molecule has 2 amide bonds. The highest BCUT2D eigenvalue weighted by atomic mass is 16.3. The van der Waals surface area contributed by atoms with Gasteiger partial charge in [0, 0.05) is 11.6 Å². The number of nitriles is 1. The summed E-state index contributed by atoms with van der Waals surface area (Å²) < 4.78 is 0. The first-order chi connectivity index (χ1) is 12.1. The van der Waals surface area contributed by atoms with Crippen LogP contribution in [0.5, 0.6) is 5.75 Å². The average Bonchev–Trinajstić information content (AvgIpc) is 3.45. The van der Waals surface area contributed by atoms with Crippen molar-refractivity contribution >= 4 is 11.8 Å². The molecular weight excluding hydrogens is 318 g/mol. The zero-order valence-electron chi connectivity index (χ0n) is 14.1. The van der Waals surface area contributed by atoms with Crippen LogP contribution in [-0.4, -0.2) is 29.0 Å². The zero-order chi connectivity index (χ0) is 17.8. The fourth-order valence-electron chi connectivity index (χ4n) is 3.43. The average molecular weight is 341 g/mol. The molecular formula is C19H23N3O3. The summed E-state index contributed by atoms with van der Waals surface area (Å²) in [5.41, 5.74) is 0.454. The van der Waals surface area contributed by atoms with Gasteiger partial charge >= 0.3 is 0 Å². The molecule has 2 fully saturated rings. The first-order valence-electron chi connectivity index (χ1n) is 8.88. The minimum Gasteiger partial charge on any atom is -0.508 e. The van der Waals surface area contributed by atoms with E-state index < -0.39 is 6.04 Å². The highest BCUT2D eigenvalue weighted by Gasteiger charge is 2.37. The molecule has 0 radical (unpaired) electrons. The lowest BCUT2D eigenvalue weighted by atomic mass is 9.83. The Balaban J connectivity index is 1.63. The fraction of sp³-hybridized carbons (Fsp3) is 0.526. The standard InChI is InChI=1S/C19H23N3O3/c20-11-17(12-5-6-12)22-19(25)15-3-1-2-4-16(15)21-18(24)13-7-9-14(23)10-8-13/h7-10,12,15-17,23H,1-6H2,(H,21,24)(H,22,25)/t15-,16+,17?/m1/s1. The Morgan fingerprint density at radius 2 is 1.80 bits per heavy atom. The maximum atomic E-state index is 12.6. The van der Waals surface area contributed by atoms with Crippen molar-refractivity contribution in [1.29, 1.82) is 5.26 Å². The number of phenols is 1. The molecule has 1 aromatic rings. The fourth-order valence-corrected chi connectivity index (χ4v) is 3.43. The minimum absolute atomic E-state index is 0.106. The molecule has 2 saturated carbocycles. The Morgan fingerprint density at radius 1 is 1.12 bits per heavy atom. The molecule has 0 saturated heterocycles. The number of nitrogens with zero attached hydrogens (tertiary/aromatic N) is 1. The van der Waals surface area contributed by atoms with Crippen LogP contribution in [0.25, 0.3) is 0 Å². The second-order valence-electron chi connectivity index (χ2n) is 6.97. The van der Waals surface area contributed by atoms with E-state index in [2.05, 4.69) is 16.7 Å². The van der Waals surface area contributed by atoms with Crippen molar-refractivity contribution in [3.63, 3.8) is 0 Å². The van der Waals surface area contributed by atoms with Crippen molar-refractivity contribution in [2.75, 3.05) is 0 Å². The quantitative estimate of drug-likeness (QED) is 0.763. The number of nitrogens with one attached hydrogen (secondary N) is 2.